The maximum Gasteiger partial charge on any atom is 0.494 e. The summed E-state index contributed by atoms with van der Waals surface area (Å²) in [5.41, 5.74) is 2.27. The molecule has 46 heavy (non-hydrogen) atoms. The number of ketones is 1. The second kappa shape index (κ2) is 12.1. The number of benzene rings is 3. The number of carbonyl (C=O) groups is 4. The van der Waals surface area contributed by atoms with Gasteiger partial charge in [0.2, 0.25) is 0 Å². The standard InChI is InChI=1S/C34H36BN5O6/c1-33(2)34(3,4)46-35(45-33)23-13-15-24(16-14-23)37-32(44)38-27-12-8-11-25-26(21-36-28(25)27)29(41)31(43)40-19-17-39(18-20-40)30(42)22-9-6-5-7-10-22/h5-16,21,36H,17-20H2,1-4H3,(H2,37,38,44). The first-order valence-electron chi connectivity index (χ1n) is 15.3. The van der Waals surface area contributed by atoms with Crippen molar-refractivity contribution in [2.75, 3.05) is 36.8 Å². The summed E-state index contributed by atoms with van der Waals surface area (Å²) in [4.78, 5) is 58.4. The molecule has 3 heterocycles. The predicted octanol–water partition coefficient (Wildman–Crippen LogP) is 4.28. The summed E-state index contributed by atoms with van der Waals surface area (Å²) >= 11 is 0. The van der Waals surface area contributed by atoms with Crippen molar-refractivity contribution in [2.24, 2.45) is 0 Å². The fraction of sp³-hybridized carbons (Fsp3) is 0.294. The van der Waals surface area contributed by atoms with Crippen LogP contribution in [0.25, 0.3) is 10.9 Å². The fourth-order valence-electron chi connectivity index (χ4n) is 5.57. The quantitative estimate of drug-likeness (QED) is 0.167. The lowest BCUT2D eigenvalue weighted by Gasteiger charge is -2.34. The SMILES string of the molecule is CC1(C)OB(c2ccc(NC(=O)Nc3cccc4c(C(=O)C(=O)N5CCN(C(=O)c6ccccc6)CC5)c[nH]c34)cc2)OC1(C)C. The molecule has 3 N–H and O–H groups in total. The van der Waals surface area contributed by atoms with E-state index < -0.39 is 36.0 Å². The minimum Gasteiger partial charge on any atom is -0.399 e. The highest BCUT2D eigenvalue weighted by Gasteiger charge is 2.51. The first-order chi connectivity index (χ1) is 21.9. The van der Waals surface area contributed by atoms with Gasteiger partial charge in [0.1, 0.15) is 0 Å². The van der Waals surface area contributed by atoms with Crippen LogP contribution in [0.4, 0.5) is 16.2 Å². The number of urea groups is 1. The number of anilines is 2. The summed E-state index contributed by atoms with van der Waals surface area (Å²) in [6.45, 7) is 9.17. The summed E-state index contributed by atoms with van der Waals surface area (Å²) in [7, 11) is -0.504. The topological polar surface area (TPSA) is 133 Å². The maximum absolute atomic E-state index is 13.3. The Kier molecular flexibility index (Phi) is 8.18. The summed E-state index contributed by atoms with van der Waals surface area (Å²) in [6.07, 6.45) is 1.48. The average molecular weight is 622 g/mol. The van der Waals surface area contributed by atoms with Gasteiger partial charge in [-0.2, -0.15) is 0 Å². The van der Waals surface area contributed by atoms with Gasteiger partial charge in [0.15, 0.2) is 0 Å². The Balaban J connectivity index is 1.07. The Labute approximate surface area is 267 Å². The number of hydrogen-bond acceptors (Lipinski definition) is 6. The van der Waals surface area contributed by atoms with Gasteiger partial charge in [-0.25, -0.2) is 4.79 Å². The average Bonchev–Trinajstić information content (AvgIpc) is 3.58. The lowest BCUT2D eigenvalue weighted by molar-refractivity contribution is -0.127. The van der Waals surface area contributed by atoms with E-state index in [0.29, 0.717) is 40.9 Å². The smallest absolute Gasteiger partial charge is 0.399 e. The van der Waals surface area contributed by atoms with Crippen molar-refractivity contribution < 1.29 is 28.5 Å². The molecule has 2 aliphatic rings. The fourth-order valence-corrected chi connectivity index (χ4v) is 5.57. The van der Waals surface area contributed by atoms with Crippen molar-refractivity contribution in [3.63, 3.8) is 0 Å². The highest BCUT2D eigenvalue weighted by molar-refractivity contribution is 6.62. The largest absolute Gasteiger partial charge is 0.494 e. The third kappa shape index (κ3) is 6.01. The Morgan fingerprint density at radius 3 is 2.04 bits per heavy atom. The molecule has 1 aromatic heterocycles. The molecule has 2 fully saturated rings. The van der Waals surface area contributed by atoms with Crippen LogP contribution in [0.2, 0.25) is 0 Å². The lowest BCUT2D eigenvalue weighted by atomic mass is 9.79. The number of amides is 4. The number of para-hydroxylation sites is 1. The second-order valence-electron chi connectivity index (χ2n) is 12.5. The first kappa shape index (κ1) is 31.1. The summed E-state index contributed by atoms with van der Waals surface area (Å²) in [6, 6.07) is 20.9. The zero-order chi connectivity index (χ0) is 32.6. The predicted molar refractivity (Wildman–Crippen MR) is 176 cm³/mol. The molecule has 0 saturated carbocycles. The maximum atomic E-state index is 13.3. The summed E-state index contributed by atoms with van der Waals surface area (Å²) in [5.74, 6) is -1.39. The number of aromatic nitrogens is 1. The van der Waals surface area contributed by atoms with Crippen LogP contribution in [0.15, 0.2) is 79.0 Å². The van der Waals surface area contributed by atoms with Gasteiger partial charge in [-0.3, -0.25) is 14.4 Å². The van der Waals surface area contributed by atoms with Gasteiger partial charge in [0, 0.05) is 49.0 Å². The number of Topliss-reactive ketones (excluding diaryl/α,β-unsaturated/α-hetero) is 1. The summed E-state index contributed by atoms with van der Waals surface area (Å²) in [5, 5.41) is 6.16. The van der Waals surface area contributed by atoms with Crippen molar-refractivity contribution in [3.05, 3.63) is 90.1 Å². The van der Waals surface area contributed by atoms with Crippen LogP contribution in [-0.4, -0.2) is 82.9 Å². The minimum atomic E-state index is -0.655. The molecule has 2 aliphatic heterocycles. The molecule has 12 heteroatoms. The number of piperazine rings is 1. The zero-order valence-corrected chi connectivity index (χ0v) is 26.3. The molecule has 0 spiro atoms. The molecule has 6 rings (SSSR count). The van der Waals surface area contributed by atoms with Crippen LogP contribution in [0.5, 0.6) is 0 Å². The number of fused-ring (bicyclic) bond motifs is 1. The van der Waals surface area contributed by atoms with Crippen LogP contribution in [-0.2, 0) is 14.1 Å². The van der Waals surface area contributed by atoms with Crippen LogP contribution < -0.4 is 16.1 Å². The number of H-pyrrole nitrogens is 1. The molecule has 0 atom stereocenters. The van der Waals surface area contributed by atoms with Crippen LogP contribution in [0.3, 0.4) is 0 Å². The van der Waals surface area contributed by atoms with E-state index in [1.807, 2.05) is 58.0 Å². The molecule has 0 aliphatic carbocycles. The van der Waals surface area contributed by atoms with Crippen molar-refractivity contribution in [1.29, 1.82) is 0 Å². The highest BCUT2D eigenvalue weighted by atomic mass is 16.7. The Morgan fingerprint density at radius 1 is 0.761 bits per heavy atom. The van der Waals surface area contributed by atoms with E-state index in [2.05, 4.69) is 15.6 Å². The number of carbonyl (C=O) groups excluding carboxylic acids is 4. The van der Waals surface area contributed by atoms with Crippen molar-refractivity contribution in [1.82, 2.24) is 14.8 Å². The van der Waals surface area contributed by atoms with Gasteiger partial charge in [0.05, 0.1) is 28.0 Å². The van der Waals surface area contributed by atoms with E-state index in [1.165, 1.54) is 11.1 Å². The first-order valence-corrected chi connectivity index (χ1v) is 15.3. The van der Waals surface area contributed by atoms with Gasteiger partial charge >= 0.3 is 13.1 Å². The number of aromatic amines is 1. The van der Waals surface area contributed by atoms with Gasteiger partial charge in [-0.15, -0.1) is 0 Å². The van der Waals surface area contributed by atoms with Crippen molar-refractivity contribution in [3.8, 4) is 0 Å². The third-order valence-electron chi connectivity index (χ3n) is 8.97. The number of rotatable bonds is 6. The van der Waals surface area contributed by atoms with Crippen LogP contribution in [0, 0.1) is 0 Å². The van der Waals surface area contributed by atoms with Crippen LogP contribution >= 0.6 is 0 Å². The van der Waals surface area contributed by atoms with E-state index in [9.17, 15) is 19.2 Å². The van der Waals surface area contributed by atoms with E-state index >= 15 is 0 Å². The van der Waals surface area contributed by atoms with E-state index in [1.54, 1.807) is 47.4 Å². The van der Waals surface area contributed by atoms with Gasteiger partial charge in [-0.1, -0.05) is 42.5 Å². The van der Waals surface area contributed by atoms with Crippen molar-refractivity contribution in [2.45, 2.75) is 38.9 Å². The number of nitrogens with zero attached hydrogens (tertiary/aromatic N) is 2. The molecule has 0 unspecified atom stereocenters. The Hall–Kier alpha value is -4.94. The van der Waals surface area contributed by atoms with Crippen molar-refractivity contribution >= 4 is 58.5 Å². The molecule has 11 nitrogen and oxygen atoms in total. The number of nitrogens with one attached hydrogen (secondary N) is 3. The molecule has 4 amide bonds. The van der Waals surface area contributed by atoms with Gasteiger partial charge in [0.25, 0.3) is 17.6 Å². The van der Waals surface area contributed by atoms with Crippen LogP contribution in [0.1, 0.15) is 48.4 Å². The second-order valence-corrected chi connectivity index (χ2v) is 12.5. The Bertz CT molecular complexity index is 1780. The van der Waals surface area contributed by atoms with E-state index in [4.69, 9.17) is 9.31 Å². The Morgan fingerprint density at radius 2 is 1.39 bits per heavy atom. The molecular weight excluding hydrogens is 585 g/mol. The molecule has 3 aromatic carbocycles. The molecule has 2 saturated heterocycles. The molecule has 236 valence electrons. The lowest BCUT2D eigenvalue weighted by Crippen LogP contribution is -2.52. The minimum absolute atomic E-state index is 0.0988. The zero-order valence-electron chi connectivity index (χ0n) is 26.3. The molecular formula is C34H36BN5O6. The van der Waals surface area contributed by atoms with E-state index in [-0.39, 0.29) is 24.6 Å². The third-order valence-corrected chi connectivity index (χ3v) is 8.97. The molecule has 0 radical (unpaired) electrons. The highest BCUT2D eigenvalue weighted by Crippen LogP contribution is 2.36. The van der Waals surface area contributed by atoms with Gasteiger partial charge < -0.3 is 34.7 Å². The molecule has 0 bridgehead atoms. The monoisotopic (exact) mass is 621 g/mol. The summed E-state index contributed by atoms with van der Waals surface area (Å²) < 4.78 is 12.2. The normalized spacial score (nSPS) is 17.2. The van der Waals surface area contributed by atoms with Gasteiger partial charge in [-0.05, 0) is 63.5 Å². The number of hydrogen-bond donors (Lipinski definition) is 3. The van der Waals surface area contributed by atoms with E-state index in [0.717, 1.165) is 5.46 Å². The molecule has 4 aromatic rings.